The van der Waals surface area contributed by atoms with E-state index < -0.39 is 6.09 Å². The highest BCUT2D eigenvalue weighted by Gasteiger charge is 2.32. The fraction of sp³-hybridized carbons (Fsp3) is 0.708. The van der Waals surface area contributed by atoms with Gasteiger partial charge in [-0.15, -0.1) is 0 Å². The molecular weight excluding hydrogens is 568 g/mol. The highest BCUT2D eigenvalue weighted by atomic mass is 79.9. The Morgan fingerprint density at radius 3 is 1.91 bits per heavy atom. The van der Waals surface area contributed by atoms with Crippen LogP contribution >= 0.6 is 0 Å². The molecule has 1 aromatic heterocycles. The Balaban J connectivity index is 0. The van der Waals surface area contributed by atoms with E-state index >= 15 is 0 Å². The second-order valence-electron chi connectivity index (χ2n) is 9.96. The molecule has 2 amide bonds. The number of nitrogens with zero attached hydrogens (tertiary/aromatic N) is 4. The minimum absolute atomic E-state index is 0. The molecule has 0 aliphatic rings. The van der Waals surface area contributed by atoms with E-state index in [1.54, 1.807) is 32.4 Å². The quantitative estimate of drug-likeness (QED) is 0.143. The van der Waals surface area contributed by atoms with Crippen molar-refractivity contribution in [3.05, 3.63) is 24.0 Å². The molecule has 1 heterocycles. The number of hydrogen-bond donors (Lipinski definition) is 1. The Labute approximate surface area is 227 Å². The molecule has 1 N–H and O–H groups in total. The highest BCUT2D eigenvalue weighted by molar-refractivity contribution is 5.90. The predicted octanol–water partition coefficient (Wildman–Crippen LogP) is -2.49. The predicted molar refractivity (Wildman–Crippen MR) is 126 cm³/mol. The van der Waals surface area contributed by atoms with Gasteiger partial charge >= 0.3 is 12.0 Å². The third kappa shape index (κ3) is 13.1. The number of halogens is 2. The number of rotatable bonds is 14. The third-order valence-electron chi connectivity index (χ3n) is 5.70. The molecule has 0 saturated carbocycles. The summed E-state index contributed by atoms with van der Waals surface area (Å²) in [5.74, 6) is 0.0416. The zero-order chi connectivity index (χ0) is 24.2. The third-order valence-corrected chi connectivity index (χ3v) is 5.70. The molecule has 34 heavy (non-hydrogen) atoms. The lowest BCUT2D eigenvalue weighted by atomic mass is 10.1. The smallest absolute Gasteiger partial charge is 0.414 e. The van der Waals surface area contributed by atoms with Crippen molar-refractivity contribution in [1.82, 2.24) is 9.88 Å². The van der Waals surface area contributed by atoms with Gasteiger partial charge in [0.1, 0.15) is 0 Å². The maximum Gasteiger partial charge on any atom is 0.414 e. The van der Waals surface area contributed by atoms with Crippen molar-refractivity contribution < 1.29 is 62.4 Å². The first-order valence-corrected chi connectivity index (χ1v) is 11.6. The van der Waals surface area contributed by atoms with Crippen LogP contribution in [-0.4, -0.2) is 98.1 Å². The van der Waals surface area contributed by atoms with Gasteiger partial charge in [-0.05, 0) is 37.8 Å². The molecule has 0 aliphatic heterocycles. The zero-order valence-electron chi connectivity index (χ0n) is 21.7. The summed E-state index contributed by atoms with van der Waals surface area (Å²) in [5, 5.41) is 9.27. The number of unbranched alkanes of at least 4 members (excludes halogenated alkanes) is 7. The number of carbonyl (C=O) groups excluding carboxylic acids is 2. The minimum atomic E-state index is -0.534. The lowest BCUT2D eigenvalue weighted by Crippen LogP contribution is -3.00. The van der Waals surface area contributed by atoms with Crippen LogP contribution in [0.2, 0.25) is 0 Å². The van der Waals surface area contributed by atoms with Gasteiger partial charge in [-0.3, -0.25) is 4.48 Å². The molecule has 0 bridgehead atoms. The molecule has 0 fully saturated rings. The Hall–Kier alpha value is -1.07. The Morgan fingerprint density at radius 2 is 1.41 bits per heavy atom. The van der Waals surface area contributed by atoms with Crippen LogP contribution in [0.25, 0.3) is 0 Å². The second kappa shape index (κ2) is 17.4. The number of hydrogen-bond acceptors (Lipinski definition) is 5. The Morgan fingerprint density at radius 1 is 0.912 bits per heavy atom. The molecule has 0 aromatic carbocycles. The molecule has 0 atom stereocenters. The molecule has 198 valence electrons. The van der Waals surface area contributed by atoms with Crippen LogP contribution in [0.5, 0.6) is 5.75 Å². The monoisotopic (exact) mass is 610 g/mol. The average molecular weight is 612 g/mol. The first-order chi connectivity index (χ1) is 15.0. The van der Waals surface area contributed by atoms with E-state index in [1.165, 1.54) is 37.0 Å². The lowest BCUT2D eigenvalue weighted by molar-refractivity contribution is -0.909. The Bertz CT molecular complexity index is 731. The molecule has 1 rings (SSSR count). The average Bonchev–Trinajstić information content (AvgIpc) is 2.74. The summed E-state index contributed by atoms with van der Waals surface area (Å²) in [6.45, 7) is 1.93. The van der Waals surface area contributed by atoms with Gasteiger partial charge in [0.2, 0.25) is 5.69 Å². The van der Waals surface area contributed by atoms with E-state index in [1.807, 2.05) is 14.1 Å². The normalized spacial score (nSPS) is 11.3. The molecule has 0 spiro atoms. The van der Waals surface area contributed by atoms with E-state index in [2.05, 4.69) is 19.1 Å². The van der Waals surface area contributed by atoms with Crippen LogP contribution in [0.4, 0.5) is 4.79 Å². The molecule has 1 aromatic rings. The largest absolute Gasteiger partial charge is 1.00 e. The van der Waals surface area contributed by atoms with E-state index in [0.29, 0.717) is 11.0 Å². The van der Waals surface area contributed by atoms with Crippen LogP contribution in [0.15, 0.2) is 18.3 Å². The van der Waals surface area contributed by atoms with Crippen LogP contribution in [0, 0.1) is 0 Å². The number of aliphatic hydroxyl groups is 1. The van der Waals surface area contributed by atoms with Gasteiger partial charge in [0.25, 0.3) is 0 Å². The topological polar surface area (TPSA) is 79.7 Å². The van der Waals surface area contributed by atoms with Crippen molar-refractivity contribution in [3.8, 4) is 5.75 Å². The van der Waals surface area contributed by atoms with Crippen LogP contribution in [0.3, 0.4) is 0 Å². The van der Waals surface area contributed by atoms with Crippen molar-refractivity contribution in [3.63, 3.8) is 0 Å². The summed E-state index contributed by atoms with van der Waals surface area (Å²) in [5.41, 5.74) is 0.190. The number of pyridine rings is 1. The number of amides is 2. The minimum Gasteiger partial charge on any atom is -1.00 e. The Kier molecular flexibility index (Phi) is 17.9. The van der Waals surface area contributed by atoms with E-state index in [9.17, 15) is 14.7 Å². The lowest BCUT2D eigenvalue weighted by Gasteiger charge is -2.27. The fourth-order valence-corrected chi connectivity index (χ4v) is 3.39. The highest BCUT2D eigenvalue weighted by Crippen LogP contribution is 2.21. The maximum absolute atomic E-state index is 13.1. The number of carbonyl (C=O) groups is 2. The summed E-state index contributed by atoms with van der Waals surface area (Å²) in [7, 11) is 11.0. The molecule has 0 radical (unpaired) electrons. The summed E-state index contributed by atoms with van der Waals surface area (Å²) < 4.78 is 6.17. The standard InChI is InChI=1S/C24H44N4O4.2BrH/c1-26(2)24(31)32-21-16-15-17-25-22(21)23(30)28(5,6)19-14-12-10-8-7-9-11-13-18-27(3,4)20-29;;/h15-17,29H,7-14,18-20H2,1-6H3;2*1H/q+2;;/p-2. The number of aromatic nitrogens is 1. The van der Waals surface area contributed by atoms with Gasteiger partial charge in [-0.25, -0.2) is 14.6 Å². The summed E-state index contributed by atoms with van der Waals surface area (Å²) in [4.78, 5) is 30.5. The number of quaternary nitrogens is 2. The van der Waals surface area contributed by atoms with Gasteiger partial charge in [0.05, 0.1) is 41.3 Å². The van der Waals surface area contributed by atoms with Gasteiger partial charge in [-0.2, -0.15) is 0 Å². The van der Waals surface area contributed by atoms with E-state index in [4.69, 9.17) is 4.74 Å². The zero-order valence-corrected chi connectivity index (χ0v) is 24.9. The number of aliphatic hydroxyl groups excluding tert-OH is 1. The van der Waals surface area contributed by atoms with Gasteiger partial charge < -0.3 is 53.2 Å². The van der Waals surface area contributed by atoms with Gasteiger partial charge in [-0.1, -0.05) is 25.7 Å². The SMILES string of the molecule is CN(C)C(=O)Oc1cccnc1C(=O)[N+](C)(C)CCCCCCCCCC[N+](C)(C)CO.[Br-].[Br-]. The molecular formula is C24H44Br2N4O4. The van der Waals surface area contributed by atoms with Gasteiger partial charge in [0.15, 0.2) is 12.5 Å². The summed E-state index contributed by atoms with van der Waals surface area (Å²) in [6.07, 6.45) is 10.3. The van der Waals surface area contributed by atoms with Crippen molar-refractivity contribution >= 4 is 12.0 Å². The first-order valence-electron chi connectivity index (χ1n) is 11.6. The van der Waals surface area contributed by atoms with Crippen molar-refractivity contribution in [2.75, 3.05) is 62.1 Å². The molecule has 0 aliphatic carbocycles. The van der Waals surface area contributed by atoms with Crippen LogP contribution in [-0.2, 0) is 0 Å². The van der Waals surface area contributed by atoms with E-state index in [-0.39, 0.29) is 62.5 Å². The van der Waals surface area contributed by atoms with E-state index in [0.717, 1.165) is 25.8 Å². The molecule has 8 nitrogen and oxygen atoms in total. The molecule has 0 unspecified atom stereocenters. The number of ether oxygens (including phenoxy) is 1. The molecule has 0 saturated heterocycles. The van der Waals surface area contributed by atoms with Crippen molar-refractivity contribution in [2.45, 2.75) is 51.4 Å². The van der Waals surface area contributed by atoms with Gasteiger partial charge in [0, 0.05) is 20.3 Å². The van der Waals surface area contributed by atoms with Crippen LogP contribution < -0.4 is 38.7 Å². The summed E-state index contributed by atoms with van der Waals surface area (Å²) >= 11 is 0. The second-order valence-corrected chi connectivity index (χ2v) is 9.96. The van der Waals surface area contributed by atoms with Crippen molar-refractivity contribution in [2.24, 2.45) is 0 Å². The molecule has 10 heteroatoms. The maximum atomic E-state index is 13.1. The summed E-state index contributed by atoms with van der Waals surface area (Å²) in [6, 6.07) is 3.26. The first kappa shape index (κ1) is 35.1. The fourth-order valence-electron chi connectivity index (χ4n) is 3.39. The van der Waals surface area contributed by atoms with Crippen molar-refractivity contribution in [1.29, 1.82) is 0 Å². The van der Waals surface area contributed by atoms with Crippen LogP contribution in [0.1, 0.15) is 61.9 Å².